The number of H-pyrrole nitrogens is 2. The summed E-state index contributed by atoms with van der Waals surface area (Å²) in [5.74, 6) is -0.827. The number of benzene rings is 2. The van der Waals surface area contributed by atoms with Crippen LogP contribution in [0.25, 0.3) is 22.2 Å². The second-order valence-electron chi connectivity index (χ2n) is 5.94. The molecule has 0 atom stereocenters. The summed E-state index contributed by atoms with van der Waals surface area (Å²) in [5, 5.41) is 27.9. The Bertz CT molecular complexity index is 1370. The smallest absolute Gasteiger partial charge is 0.270 e. The Balaban J connectivity index is 1.82. The van der Waals surface area contributed by atoms with Crippen molar-refractivity contribution in [3.8, 4) is 23.2 Å². The molecule has 0 fully saturated rings. The predicted octanol–water partition coefficient (Wildman–Crippen LogP) is 4.81. The minimum atomic E-state index is -0.707. The molecule has 4 aromatic rings. The number of aromatic amines is 2. The highest BCUT2D eigenvalue weighted by molar-refractivity contribution is 9.10. The summed E-state index contributed by atoms with van der Waals surface area (Å²) >= 11 is 3.35. The molecule has 0 saturated heterocycles. The summed E-state index contributed by atoms with van der Waals surface area (Å²) in [7, 11) is 0. The number of hydrogen-bond donors (Lipinski definition) is 3. The van der Waals surface area contributed by atoms with Gasteiger partial charge in [0.1, 0.15) is 17.4 Å². The van der Waals surface area contributed by atoms with E-state index in [2.05, 4.69) is 41.1 Å². The van der Waals surface area contributed by atoms with Crippen LogP contribution < -0.4 is 5.56 Å². The summed E-state index contributed by atoms with van der Waals surface area (Å²) in [4.78, 5) is 21.6. The topological polar surface area (TPSA) is 130 Å². The Labute approximate surface area is 170 Å². The number of rotatable bonds is 3. The third-order valence-corrected chi connectivity index (χ3v) is 4.59. The lowest BCUT2D eigenvalue weighted by Crippen LogP contribution is -2.13. The highest BCUT2D eigenvalue weighted by Crippen LogP contribution is 2.37. The van der Waals surface area contributed by atoms with Gasteiger partial charge in [-0.1, -0.05) is 15.9 Å². The Morgan fingerprint density at radius 3 is 2.62 bits per heavy atom. The molecule has 0 aliphatic heterocycles. The zero-order valence-electron chi connectivity index (χ0n) is 14.4. The van der Waals surface area contributed by atoms with Crippen molar-refractivity contribution in [3.05, 3.63) is 68.7 Å². The van der Waals surface area contributed by atoms with Gasteiger partial charge in [-0.2, -0.15) is 5.26 Å². The lowest BCUT2D eigenvalue weighted by molar-refractivity contribution is 0.459. The SMILES string of the molecule is N#Cc1c(-c2ccc(F)cc2)nc(N=Nc2c(O)[nH]c3ccc(Br)cc23)[nH]c1=O. The summed E-state index contributed by atoms with van der Waals surface area (Å²) < 4.78 is 14.0. The largest absolute Gasteiger partial charge is 0.493 e. The molecule has 0 radical (unpaired) electrons. The maximum Gasteiger partial charge on any atom is 0.270 e. The Morgan fingerprint density at radius 1 is 1.14 bits per heavy atom. The number of hydrogen-bond acceptors (Lipinski definition) is 6. The van der Waals surface area contributed by atoms with Gasteiger partial charge >= 0.3 is 0 Å². The Morgan fingerprint density at radius 2 is 1.90 bits per heavy atom. The normalized spacial score (nSPS) is 11.2. The van der Waals surface area contributed by atoms with Crippen molar-refractivity contribution in [2.45, 2.75) is 0 Å². The van der Waals surface area contributed by atoms with Gasteiger partial charge in [0.25, 0.3) is 5.56 Å². The van der Waals surface area contributed by atoms with E-state index in [0.29, 0.717) is 16.5 Å². The monoisotopic (exact) mass is 452 g/mol. The van der Waals surface area contributed by atoms with Crippen LogP contribution >= 0.6 is 15.9 Å². The maximum atomic E-state index is 13.2. The van der Waals surface area contributed by atoms with E-state index < -0.39 is 11.4 Å². The third-order valence-electron chi connectivity index (χ3n) is 4.10. The standard InChI is InChI=1S/C19H10BrFN6O2/c20-10-3-6-14-12(7-10)16(18(29)23-14)26-27-19-24-15(13(8-22)17(28)25-19)9-1-4-11(21)5-2-9/h1-7,23,29H,(H,24,25,28). The molecule has 2 aromatic heterocycles. The maximum absolute atomic E-state index is 13.2. The summed E-state index contributed by atoms with van der Waals surface area (Å²) in [6, 6.07) is 12.3. The summed E-state index contributed by atoms with van der Waals surface area (Å²) in [6.45, 7) is 0. The van der Waals surface area contributed by atoms with Gasteiger partial charge in [0.15, 0.2) is 5.69 Å². The van der Waals surface area contributed by atoms with Crippen molar-refractivity contribution in [1.82, 2.24) is 15.0 Å². The lowest BCUT2D eigenvalue weighted by Gasteiger charge is -2.03. The summed E-state index contributed by atoms with van der Waals surface area (Å²) in [5.41, 5.74) is 0.307. The highest BCUT2D eigenvalue weighted by Gasteiger charge is 2.15. The van der Waals surface area contributed by atoms with E-state index in [0.717, 1.165) is 4.47 Å². The van der Waals surface area contributed by atoms with E-state index in [1.165, 1.54) is 24.3 Å². The van der Waals surface area contributed by atoms with Crippen molar-refractivity contribution in [2.24, 2.45) is 10.2 Å². The molecule has 3 N–H and O–H groups in total. The van der Waals surface area contributed by atoms with Crippen molar-refractivity contribution in [1.29, 1.82) is 5.26 Å². The zero-order chi connectivity index (χ0) is 20.5. The van der Waals surface area contributed by atoms with Crippen LogP contribution in [0.5, 0.6) is 5.88 Å². The van der Waals surface area contributed by atoms with Crippen molar-refractivity contribution < 1.29 is 9.50 Å². The number of fused-ring (bicyclic) bond motifs is 1. The minimum absolute atomic E-state index is 0.0519. The highest BCUT2D eigenvalue weighted by atomic mass is 79.9. The van der Waals surface area contributed by atoms with Gasteiger partial charge in [0, 0.05) is 15.4 Å². The number of nitrogens with zero attached hydrogens (tertiary/aromatic N) is 4. The average Bonchev–Trinajstić information content (AvgIpc) is 3.01. The van der Waals surface area contributed by atoms with Gasteiger partial charge in [-0.15, -0.1) is 10.2 Å². The first kappa shape index (κ1) is 18.5. The van der Waals surface area contributed by atoms with Crippen LogP contribution in [0.3, 0.4) is 0 Å². The van der Waals surface area contributed by atoms with Crippen LogP contribution in [0.1, 0.15) is 5.56 Å². The molecule has 10 heteroatoms. The first-order chi connectivity index (χ1) is 14.0. The molecule has 142 valence electrons. The van der Waals surface area contributed by atoms with E-state index in [1.807, 2.05) is 0 Å². The number of aromatic hydroxyl groups is 1. The molecular formula is C19H10BrFN6O2. The molecule has 0 aliphatic carbocycles. The lowest BCUT2D eigenvalue weighted by atomic mass is 10.1. The third kappa shape index (κ3) is 3.51. The van der Waals surface area contributed by atoms with Gasteiger partial charge in [-0.05, 0) is 42.5 Å². The fourth-order valence-corrected chi connectivity index (χ4v) is 3.12. The van der Waals surface area contributed by atoms with Crippen molar-refractivity contribution >= 4 is 38.5 Å². The first-order valence-electron chi connectivity index (χ1n) is 8.18. The van der Waals surface area contributed by atoms with Crippen LogP contribution in [-0.4, -0.2) is 20.1 Å². The van der Waals surface area contributed by atoms with Crippen molar-refractivity contribution in [2.75, 3.05) is 0 Å². The molecule has 0 unspecified atom stereocenters. The van der Waals surface area contributed by atoms with E-state index >= 15 is 0 Å². The summed E-state index contributed by atoms with van der Waals surface area (Å²) in [6.07, 6.45) is 0. The second-order valence-corrected chi connectivity index (χ2v) is 6.86. The first-order valence-corrected chi connectivity index (χ1v) is 8.98. The molecule has 0 bridgehead atoms. The molecule has 0 aliphatic rings. The van der Waals surface area contributed by atoms with Gasteiger partial charge in [-0.3, -0.25) is 9.78 Å². The molecule has 2 aromatic carbocycles. The van der Waals surface area contributed by atoms with Gasteiger partial charge < -0.3 is 10.1 Å². The number of aromatic nitrogens is 3. The number of nitrogens with one attached hydrogen (secondary N) is 2. The molecule has 29 heavy (non-hydrogen) atoms. The fourth-order valence-electron chi connectivity index (χ4n) is 2.76. The Hall–Kier alpha value is -3.84. The molecule has 8 nitrogen and oxygen atoms in total. The average molecular weight is 453 g/mol. The number of halogens is 2. The van der Waals surface area contributed by atoms with Gasteiger partial charge in [-0.25, -0.2) is 9.37 Å². The predicted molar refractivity (Wildman–Crippen MR) is 107 cm³/mol. The minimum Gasteiger partial charge on any atom is -0.493 e. The van der Waals surface area contributed by atoms with E-state index in [1.54, 1.807) is 24.3 Å². The zero-order valence-corrected chi connectivity index (χ0v) is 16.0. The van der Waals surface area contributed by atoms with Crippen LogP contribution in [-0.2, 0) is 0 Å². The fraction of sp³-hybridized carbons (Fsp3) is 0. The van der Waals surface area contributed by atoms with Crippen molar-refractivity contribution in [3.63, 3.8) is 0 Å². The molecule has 0 saturated carbocycles. The molecule has 0 amide bonds. The number of nitriles is 1. The molecule has 0 spiro atoms. The van der Waals surface area contributed by atoms with Gasteiger partial charge in [0.2, 0.25) is 11.8 Å². The van der Waals surface area contributed by atoms with Crippen LogP contribution in [0.15, 0.2) is 62.0 Å². The van der Waals surface area contributed by atoms with E-state index in [9.17, 15) is 19.6 Å². The quantitative estimate of drug-likeness (QED) is 0.384. The van der Waals surface area contributed by atoms with Gasteiger partial charge in [0.05, 0.1) is 11.2 Å². The van der Waals surface area contributed by atoms with Crippen LogP contribution in [0.2, 0.25) is 0 Å². The number of azo groups is 1. The second kappa shape index (κ2) is 7.29. The molecule has 4 rings (SSSR count). The van der Waals surface area contributed by atoms with Crippen LogP contribution in [0.4, 0.5) is 16.0 Å². The van der Waals surface area contributed by atoms with E-state index in [-0.39, 0.29) is 28.8 Å². The molecular weight excluding hydrogens is 443 g/mol. The van der Waals surface area contributed by atoms with Crippen LogP contribution in [0, 0.1) is 17.1 Å². The molecule has 2 heterocycles. The Kier molecular flexibility index (Phi) is 4.66. The van der Waals surface area contributed by atoms with E-state index in [4.69, 9.17) is 0 Å².